The lowest BCUT2D eigenvalue weighted by Crippen LogP contribution is -2.21. The molecular formula is C7H9N3O2. The van der Waals surface area contributed by atoms with E-state index in [2.05, 4.69) is 10.4 Å². The molecule has 0 spiro atoms. The van der Waals surface area contributed by atoms with Crippen molar-refractivity contribution in [3.05, 3.63) is 12.0 Å². The number of nitrogens with zero attached hydrogens (tertiary/aromatic N) is 3. The van der Waals surface area contributed by atoms with Gasteiger partial charge in [0.25, 0.3) is 0 Å². The van der Waals surface area contributed by atoms with Crippen LogP contribution in [-0.4, -0.2) is 34.8 Å². The summed E-state index contributed by atoms with van der Waals surface area (Å²) in [6.45, 7) is 0.782. The van der Waals surface area contributed by atoms with Crippen LogP contribution in [0.25, 0.3) is 0 Å². The largest absolute Gasteiger partial charge is 0.345 e. The van der Waals surface area contributed by atoms with Gasteiger partial charge in [0, 0.05) is 18.9 Å². The van der Waals surface area contributed by atoms with Gasteiger partial charge in [0.2, 0.25) is 5.91 Å². The Morgan fingerprint density at radius 3 is 3.08 bits per heavy atom. The summed E-state index contributed by atoms with van der Waals surface area (Å²) in [6, 6.07) is 0. The molecule has 0 N–H and O–H groups in total. The lowest BCUT2D eigenvalue weighted by molar-refractivity contribution is -0.128. The maximum atomic E-state index is 11.4. The maximum Gasteiger partial charge on any atom is 0.233 e. The van der Waals surface area contributed by atoms with Crippen LogP contribution in [0.15, 0.2) is 10.7 Å². The van der Waals surface area contributed by atoms with Crippen LogP contribution >= 0.6 is 0 Å². The number of carbonyl (C=O) groups excluding carboxylic acids is 1. The SMILES string of the molecule is CN1CCC(c2cnno2)C1=O. The zero-order chi connectivity index (χ0) is 8.55. The number of hydrogen-bond donors (Lipinski definition) is 0. The number of likely N-dealkylation sites (tertiary alicyclic amines) is 1. The molecule has 1 unspecified atom stereocenters. The minimum absolute atomic E-state index is 0.0913. The van der Waals surface area contributed by atoms with Crippen molar-refractivity contribution in [2.75, 3.05) is 13.6 Å². The Kier molecular flexibility index (Phi) is 1.56. The number of rotatable bonds is 1. The van der Waals surface area contributed by atoms with Gasteiger partial charge in [0.05, 0.1) is 6.20 Å². The zero-order valence-electron chi connectivity index (χ0n) is 6.73. The van der Waals surface area contributed by atoms with Crippen molar-refractivity contribution in [3.63, 3.8) is 0 Å². The van der Waals surface area contributed by atoms with Gasteiger partial charge < -0.3 is 9.42 Å². The van der Waals surface area contributed by atoms with E-state index in [9.17, 15) is 4.79 Å². The van der Waals surface area contributed by atoms with Crippen LogP contribution in [0.3, 0.4) is 0 Å². The first-order chi connectivity index (χ1) is 5.79. The quantitative estimate of drug-likeness (QED) is 0.591. The van der Waals surface area contributed by atoms with E-state index in [0.717, 1.165) is 13.0 Å². The lowest BCUT2D eigenvalue weighted by atomic mass is 10.1. The molecular weight excluding hydrogens is 158 g/mol. The first-order valence-corrected chi connectivity index (χ1v) is 3.81. The summed E-state index contributed by atoms with van der Waals surface area (Å²) in [7, 11) is 1.78. The van der Waals surface area contributed by atoms with E-state index in [1.165, 1.54) is 6.20 Å². The lowest BCUT2D eigenvalue weighted by Gasteiger charge is -2.06. The minimum Gasteiger partial charge on any atom is -0.345 e. The average Bonchev–Trinajstić information content (AvgIpc) is 2.64. The molecule has 0 bridgehead atoms. The summed E-state index contributed by atoms with van der Waals surface area (Å²) in [4.78, 5) is 13.1. The molecule has 2 rings (SSSR count). The third-order valence-electron chi connectivity index (χ3n) is 2.15. The second-order valence-corrected chi connectivity index (χ2v) is 2.92. The van der Waals surface area contributed by atoms with Crippen LogP contribution in [-0.2, 0) is 4.79 Å². The second-order valence-electron chi connectivity index (χ2n) is 2.92. The normalized spacial score (nSPS) is 23.6. The van der Waals surface area contributed by atoms with E-state index in [4.69, 9.17) is 4.52 Å². The fourth-order valence-corrected chi connectivity index (χ4v) is 1.41. The number of carbonyl (C=O) groups is 1. The first kappa shape index (κ1) is 7.27. The van der Waals surface area contributed by atoms with E-state index in [1.807, 2.05) is 0 Å². The van der Waals surface area contributed by atoms with Crippen LogP contribution in [0, 0.1) is 0 Å². The molecule has 0 aromatic carbocycles. The molecule has 5 nitrogen and oxygen atoms in total. The molecule has 1 aliphatic heterocycles. The standard InChI is InChI=1S/C7H9N3O2/c1-10-3-2-5(7(10)11)6-4-8-9-12-6/h4-5H,2-3H2,1H3. The molecule has 1 aromatic rings. The topological polar surface area (TPSA) is 59.2 Å². The molecule has 2 heterocycles. The van der Waals surface area contributed by atoms with Crippen LogP contribution in [0.5, 0.6) is 0 Å². The van der Waals surface area contributed by atoms with E-state index >= 15 is 0 Å². The molecule has 1 fully saturated rings. The summed E-state index contributed by atoms with van der Waals surface area (Å²) in [6.07, 6.45) is 2.30. The van der Waals surface area contributed by atoms with Gasteiger partial charge in [0.1, 0.15) is 5.92 Å². The highest BCUT2D eigenvalue weighted by Crippen LogP contribution is 2.26. The van der Waals surface area contributed by atoms with Crippen molar-refractivity contribution >= 4 is 5.91 Å². The van der Waals surface area contributed by atoms with Crippen molar-refractivity contribution in [3.8, 4) is 0 Å². The van der Waals surface area contributed by atoms with E-state index in [0.29, 0.717) is 5.76 Å². The number of likely N-dealkylation sites (N-methyl/N-ethyl adjacent to an activating group) is 1. The van der Waals surface area contributed by atoms with Crippen molar-refractivity contribution in [2.45, 2.75) is 12.3 Å². The van der Waals surface area contributed by atoms with Gasteiger partial charge in [-0.2, -0.15) is 0 Å². The first-order valence-electron chi connectivity index (χ1n) is 3.81. The van der Waals surface area contributed by atoms with Crippen molar-refractivity contribution in [1.82, 2.24) is 15.3 Å². The smallest absolute Gasteiger partial charge is 0.233 e. The van der Waals surface area contributed by atoms with Gasteiger partial charge >= 0.3 is 0 Å². The molecule has 12 heavy (non-hydrogen) atoms. The molecule has 0 radical (unpaired) electrons. The summed E-state index contributed by atoms with van der Waals surface area (Å²) < 4.78 is 4.83. The Balaban J connectivity index is 2.22. The molecule has 1 atom stereocenters. The Bertz CT molecular complexity index is 283. The zero-order valence-corrected chi connectivity index (χ0v) is 6.73. The number of amides is 1. The third kappa shape index (κ3) is 0.975. The molecule has 0 aliphatic carbocycles. The molecule has 1 aromatic heterocycles. The summed E-state index contributed by atoms with van der Waals surface area (Å²) in [5.74, 6) is 0.503. The van der Waals surface area contributed by atoms with E-state index in [-0.39, 0.29) is 11.8 Å². The van der Waals surface area contributed by atoms with Crippen LogP contribution in [0.4, 0.5) is 0 Å². The molecule has 1 amide bonds. The van der Waals surface area contributed by atoms with Gasteiger partial charge in [-0.15, -0.1) is 5.10 Å². The van der Waals surface area contributed by atoms with Gasteiger partial charge in [-0.05, 0) is 6.42 Å². The fraction of sp³-hybridized carbons (Fsp3) is 0.571. The molecule has 1 saturated heterocycles. The Morgan fingerprint density at radius 2 is 2.58 bits per heavy atom. The van der Waals surface area contributed by atoms with Gasteiger partial charge in [-0.3, -0.25) is 4.79 Å². The highest BCUT2D eigenvalue weighted by atomic mass is 16.5. The molecule has 1 aliphatic rings. The molecule has 64 valence electrons. The van der Waals surface area contributed by atoms with Gasteiger partial charge in [-0.1, -0.05) is 0 Å². The fourth-order valence-electron chi connectivity index (χ4n) is 1.41. The Labute approximate surface area is 69.3 Å². The van der Waals surface area contributed by atoms with Crippen molar-refractivity contribution in [2.24, 2.45) is 0 Å². The van der Waals surface area contributed by atoms with Gasteiger partial charge in [-0.25, -0.2) is 0 Å². The third-order valence-corrected chi connectivity index (χ3v) is 2.15. The maximum absolute atomic E-state index is 11.4. The van der Waals surface area contributed by atoms with Gasteiger partial charge in [0.15, 0.2) is 5.76 Å². The monoisotopic (exact) mass is 167 g/mol. The minimum atomic E-state index is -0.162. The predicted molar refractivity (Wildman–Crippen MR) is 39.3 cm³/mol. The van der Waals surface area contributed by atoms with E-state index in [1.54, 1.807) is 11.9 Å². The van der Waals surface area contributed by atoms with Crippen molar-refractivity contribution in [1.29, 1.82) is 0 Å². The number of hydrogen-bond acceptors (Lipinski definition) is 4. The highest BCUT2D eigenvalue weighted by molar-refractivity contribution is 5.84. The average molecular weight is 167 g/mol. The summed E-state index contributed by atoms with van der Waals surface area (Å²) in [5, 5.41) is 6.87. The number of aromatic nitrogens is 2. The predicted octanol–water partition coefficient (Wildman–Crippen LogP) is 0.0153. The summed E-state index contributed by atoms with van der Waals surface area (Å²) >= 11 is 0. The van der Waals surface area contributed by atoms with Crippen LogP contribution in [0.1, 0.15) is 18.1 Å². The Morgan fingerprint density at radius 1 is 1.75 bits per heavy atom. The van der Waals surface area contributed by atoms with Crippen molar-refractivity contribution < 1.29 is 9.32 Å². The Hall–Kier alpha value is -1.39. The molecule has 0 saturated carbocycles. The second kappa shape index (κ2) is 2.58. The highest BCUT2D eigenvalue weighted by Gasteiger charge is 2.33. The van der Waals surface area contributed by atoms with E-state index < -0.39 is 0 Å². The van der Waals surface area contributed by atoms with Crippen LogP contribution < -0.4 is 0 Å². The van der Waals surface area contributed by atoms with Crippen LogP contribution in [0.2, 0.25) is 0 Å². The summed E-state index contributed by atoms with van der Waals surface area (Å²) in [5.41, 5.74) is 0. The molecule has 5 heteroatoms.